The SMILES string of the molecule is CC(C)c1cccc(C(C)C)c1NC(=O)CCOc1ccc(C(C)(C)C)cc1. The zero-order valence-electron chi connectivity index (χ0n) is 18.4. The molecule has 0 atom stereocenters. The maximum atomic E-state index is 12.5. The average molecular weight is 382 g/mol. The van der Waals surface area contributed by atoms with Gasteiger partial charge >= 0.3 is 0 Å². The number of ether oxygens (including phenoxy) is 1. The van der Waals surface area contributed by atoms with Crippen LogP contribution < -0.4 is 10.1 Å². The van der Waals surface area contributed by atoms with E-state index in [1.807, 2.05) is 12.1 Å². The summed E-state index contributed by atoms with van der Waals surface area (Å²) in [6.07, 6.45) is 0.324. The van der Waals surface area contributed by atoms with Crippen LogP contribution in [0.25, 0.3) is 0 Å². The zero-order chi connectivity index (χ0) is 20.9. The minimum atomic E-state index is -0.0127. The van der Waals surface area contributed by atoms with Crippen LogP contribution >= 0.6 is 0 Å². The Morgan fingerprint density at radius 1 is 0.929 bits per heavy atom. The van der Waals surface area contributed by atoms with Crippen LogP contribution in [0.3, 0.4) is 0 Å². The van der Waals surface area contributed by atoms with Crippen LogP contribution in [-0.4, -0.2) is 12.5 Å². The molecular formula is C25H35NO2. The first-order valence-corrected chi connectivity index (χ1v) is 10.3. The van der Waals surface area contributed by atoms with E-state index < -0.39 is 0 Å². The van der Waals surface area contributed by atoms with Crippen molar-refractivity contribution in [2.45, 2.75) is 72.1 Å². The normalized spacial score (nSPS) is 11.8. The molecule has 0 aliphatic heterocycles. The van der Waals surface area contributed by atoms with Crippen LogP contribution in [0.15, 0.2) is 42.5 Å². The Hall–Kier alpha value is -2.29. The van der Waals surface area contributed by atoms with Crippen LogP contribution in [0.5, 0.6) is 5.75 Å². The van der Waals surface area contributed by atoms with Gasteiger partial charge in [-0.2, -0.15) is 0 Å². The number of nitrogens with one attached hydrogen (secondary N) is 1. The molecule has 3 heteroatoms. The third kappa shape index (κ3) is 5.85. The monoisotopic (exact) mass is 381 g/mol. The second-order valence-electron chi connectivity index (χ2n) is 9.04. The van der Waals surface area contributed by atoms with Crippen LogP contribution in [0.2, 0.25) is 0 Å². The van der Waals surface area contributed by atoms with Crippen molar-refractivity contribution in [2.75, 3.05) is 11.9 Å². The Bertz CT molecular complexity index is 757. The van der Waals surface area contributed by atoms with Gasteiger partial charge in [0.05, 0.1) is 13.0 Å². The van der Waals surface area contributed by atoms with Crippen LogP contribution in [0.1, 0.15) is 83.4 Å². The molecule has 3 nitrogen and oxygen atoms in total. The van der Waals surface area contributed by atoms with Crippen LogP contribution in [0.4, 0.5) is 5.69 Å². The van der Waals surface area contributed by atoms with Crippen molar-refractivity contribution in [3.63, 3.8) is 0 Å². The number of benzene rings is 2. The van der Waals surface area contributed by atoms with E-state index in [9.17, 15) is 4.79 Å². The van der Waals surface area contributed by atoms with E-state index in [0.29, 0.717) is 24.9 Å². The largest absolute Gasteiger partial charge is 0.493 e. The first-order valence-electron chi connectivity index (χ1n) is 10.3. The number of carbonyl (C=O) groups is 1. The second-order valence-corrected chi connectivity index (χ2v) is 9.04. The maximum Gasteiger partial charge on any atom is 0.227 e. The molecule has 0 heterocycles. The lowest BCUT2D eigenvalue weighted by Crippen LogP contribution is -2.18. The van der Waals surface area contributed by atoms with Gasteiger partial charge in [-0.1, -0.05) is 78.8 Å². The van der Waals surface area contributed by atoms with Crippen molar-refractivity contribution >= 4 is 11.6 Å². The second kappa shape index (κ2) is 9.27. The highest BCUT2D eigenvalue weighted by molar-refractivity contribution is 5.92. The molecule has 0 radical (unpaired) electrons. The van der Waals surface area contributed by atoms with E-state index in [1.165, 1.54) is 16.7 Å². The standard InChI is InChI=1S/C25H35NO2/c1-17(2)21-9-8-10-22(18(3)4)24(21)26-23(27)15-16-28-20-13-11-19(12-14-20)25(5,6)7/h8-14,17-18H,15-16H2,1-7H3,(H,26,27). The lowest BCUT2D eigenvalue weighted by molar-refractivity contribution is -0.116. The van der Waals surface area contributed by atoms with Gasteiger partial charge in [0.1, 0.15) is 5.75 Å². The number of hydrogen-bond donors (Lipinski definition) is 1. The predicted octanol–water partition coefficient (Wildman–Crippen LogP) is 6.64. The van der Waals surface area contributed by atoms with Gasteiger partial charge in [-0.05, 0) is 46.1 Å². The Labute approximate surface area is 170 Å². The molecule has 1 amide bonds. The summed E-state index contributed by atoms with van der Waals surface area (Å²) in [6.45, 7) is 15.5. The summed E-state index contributed by atoms with van der Waals surface area (Å²) in [7, 11) is 0. The molecule has 1 N–H and O–H groups in total. The fourth-order valence-corrected chi connectivity index (χ4v) is 3.21. The predicted molar refractivity (Wildman–Crippen MR) is 119 cm³/mol. The van der Waals surface area contributed by atoms with E-state index in [1.54, 1.807) is 0 Å². The van der Waals surface area contributed by atoms with Crippen molar-refractivity contribution in [1.82, 2.24) is 0 Å². The molecule has 2 rings (SSSR count). The summed E-state index contributed by atoms with van der Waals surface area (Å²) < 4.78 is 5.78. The van der Waals surface area contributed by atoms with Crippen molar-refractivity contribution in [3.05, 3.63) is 59.2 Å². The average Bonchev–Trinajstić information content (AvgIpc) is 2.61. The Balaban J connectivity index is 1.98. The zero-order valence-corrected chi connectivity index (χ0v) is 18.4. The summed E-state index contributed by atoms with van der Waals surface area (Å²) in [4.78, 5) is 12.5. The molecule has 0 fully saturated rings. The van der Waals surface area contributed by atoms with E-state index in [2.05, 4.69) is 84.1 Å². The molecule has 0 bridgehead atoms. The molecule has 28 heavy (non-hydrogen) atoms. The van der Waals surface area contributed by atoms with E-state index >= 15 is 0 Å². The van der Waals surface area contributed by atoms with Gasteiger partial charge in [-0.25, -0.2) is 0 Å². The highest BCUT2D eigenvalue weighted by atomic mass is 16.5. The molecule has 0 aliphatic rings. The van der Waals surface area contributed by atoms with Gasteiger partial charge in [0.15, 0.2) is 0 Å². The Morgan fingerprint density at radius 3 is 1.93 bits per heavy atom. The summed E-state index contributed by atoms with van der Waals surface area (Å²) >= 11 is 0. The molecule has 2 aromatic rings. The summed E-state index contributed by atoms with van der Waals surface area (Å²) in [5.74, 6) is 1.49. The molecule has 0 unspecified atom stereocenters. The molecular weight excluding hydrogens is 346 g/mol. The quantitative estimate of drug-likeness (QED) is 0.584. The van der Waals surface area contributed by atoms with E-state index in [-0.39, 0.29) is 11.3 Å². The highest BCUT2D eigenvalue weighted by Gasteiger charge is 2.16. The van der Waals surface area contributed by atoms with E-state index in [4.69, 9.17) is 4.74 Å². The molecule has 0 aliphatic carbocycles. The highest BCUT2D eigenvalue weighted by Crippen LogP contribution is 2.32. The Kier molecular flexibility index (Phi) is 7.29. The molecule has 152 valence electrons. The summed E-state index contributed by atoms with van der Waals surface area (Å²) in [5.41, 5.74) is 4.71. The number of carbonyl (C=O) groups excluding carboxylic acids is 1. The number of rotatable bonds is 7. The van der Waals surface area contributed by atoms with Crippen molar-refractivity contribution in [2.24, 2.45) is 0 Å². The smallest absolute Gasteiger partial charge is 0.227 e. The van der Waals surface area contributed by atoms with Gasteiger partial charge < -0.3 is 10.1 Å². The fourth-order valence-electron chi connectivity index (χ4n) is 3.21. The van der Waals surface area contributed by atoms with Gasteiger partial charge in [0, 0.05) is 5.69 Å². The van der Waals surface area contributed by atoms with Gasteiger partial charge in [-0.15, -0.1) is 0 Å². The number of hydrogen-bond acceptors (Lipinski definition) is 2. The van der Waals surface area contributed by atoms with Crippen LogP contribution in [-0.2, 0) is 10.2 Å². The van der Waals surface area contributed by atoms with E-state index in [0.717, 1.165) is 11.4 Å². The molecule has 0 saturated carbocycles. The maximum absolute atomic E-state index is 12.5. The van der Waals surface area contributed by atoms with Crippen LogP contribution in [0, 0.1) is 0 Å². The van der Waals surface area contributed by atoms with Crippen molar-refractivity contribution in [1.29, 1.82) is 0 Å². The van der Waals surface area contributed by atoms with Gasteiger partial charge in [0.2, 0.25) is 5.91 Å². The Morgan fingerprint density at radius 2 is 1.46 bits per heavy atom. The number of anilines is 1. The molecule has 2 aromatic carbocycles. The first kappa shape index (κ1) is 22.0. The minimum Gasteiger partial charge on any atom is -0.493 e. The molecule has 0 aromatic heterocycles. The van der Waals surface area contributed by atoms with Gasteiger partial charge in [0.25, 0.3) is 0 Å². The number of para-hydroxylation sites is 1. The summed E-state index contributed by atoms with van der Waals surface area (Å²) in [5, 5.41) is 3.14. The lowest BCUT2D eigenvalue weighted by atomic mass is 9.87. The third-order valence-electron chi connectivity index (χ3n) is 4.96. The first-order chi connectivity index (χ1) is 13.1. The van der Waals surface area contributed by atoms with Gasteiger partial charge in [-0.3, -0.25) is 4.79 Å². The lowest BCUT2D eigenvalue weighted by Gasteiger charge is -2.20. The fraction of sp³-hybridized carbons (Fsp3) is 0.480. The topological polar surface area (TPSA) is 38.3 Å². The van der Waals surface area contributed by atoms with Crippen molar-refractivity contribution < 1.29 is 9.53 Å². The third-order valence-corrected chi connectivity index (χ3v) is 4.96. The molecule has 0 saturated heterocycles. The van der Waals surface area contributed by atoms with Crippen molar-refractivity contribution in [3.8, 4) is 5.75 Å². The number of amides is 1. The summed E-state index contributed by atoms with van der Waals surface area (Å²) in [6, 6.07) is 14.4. The minimum absolute atomic E-state index is 0.0127. The molecule has 0 spiro atoms.